The Morgan fingerprint density at radius 2 is 1.67 bits per heavy atom. The second kappa shape index (κ2) is 9.48. The van der Waals surface area contributed by atoms with Crippen molar-refractivity contribution in [1.29, 1.82) is 0 Å². The van der Waals surface area contributed by atoms with Crippen LogP contribution in [0.15, 0.2) is 47.4 Å². The van der Waals surface area contributed by atoms with Gasteiger partial charge in [-0.2, -0.15) is 4.31 Å². The van der Waals surface area contributed by atoms with Gasteiger partial charge in [-0.3, -0.25) is 9.59 Å². The van der Waals surface area contributed by atoms with Gasteiger partial charge >= 0.3 is 5.97 Å². The highest BCUT2D eigenvalue weighted by atomic mass is 32.2. The predicted molar refractivity (Wildman–Crippen MR) is 121 cm³/mol. The number of carbonyl (C=O) groups excluding carboxylic acids is 2. The average Bonchev–Trinajstić information content (AvgIpc) is 3.26. The third-order valence-corrected chi connectivity index (χ3v) is 7.98. The monoisotopic (exact) mass is 475 g/mol. The second-order valence-electron chi connectivity index (χ2n) is 8.03. The molecule has 0 unspecified atom stereocenters. The third kappa shape index (κ3) is 4.86. The maximum atomic E-state index is 13.2. The number of anilines is 2. The van der Waals surface area contributed by atoms with Gasteiger partial charge in [0.2, 0.25) is 15.9 Å². The molecule has 0 atom stereocenters. The van der Waals surface area contributed by atoms with Gasteiger partial charge in [0, 0.05) is 50.5 Å². The minimum absolute atomic E-state index is 0.0114. The smallest absolute Gasteiger partial charge is 0.306 e. The topological polar surface area (TPSA) is 87.2 Å². The first-order chi connectivity index (χ1) is 15.8. The van der Waals surface area contributed by atoms with Crippen LogP contribution < -0.4 is 9.80 Å². The highest BCUT2D eigenvalue weighted by molar-refractivity contribution is 7.89. The van der Waals surface area contributed by atoms with Crippen molar-refractivity contribution in [3.05, 3.63) is 53.8 Å². The van der Waals surface area contributed by atoms with Gasteiger partial charge in [-0.05, 0) is 54.4 Å². The van der Waals surface area contributed by atoms with Crippen molar-refractivity contribution in [2.24, 2.45) is 0 Å². The van der Waals surface area contributed by atoms with Crippen LogP contribution in [0.2, 0.25) is 0 Å². The number of esters is 1. The molecule has 2 aromatic rings. The predicted octanol–water partition coefficient (Wildman–Crippen LogP) is 2.18. The SMILES string of the molecule is COC(=O)CCC(=O)N1CCc2cc(S(=O)(=O)N3CCN(c4ccc(F)cc4)CC3)ccc21. The van der Waals surface area contributed by atoms with Crippen molar-refractivity contribution in [1.82, 2.24) is 4.31 Å². The van der Waals surface area contributed by atoms with Crippen molar-refractivity contribution in [3.8, 4) is 0 Å². The van der Waals surface area contributed by atoms with Crippen LogP contribution in [0.1, 0.15) is 18.4 Å². The Kier molecular flexibility index (Phi) is 6.66. The zero-order chi connectivity index (χ0) is 23.6. The van der Waals surface area contributed by atoms with E-state index in [0.717, 1.165) is 11.3 Å². The molecule has 0 saturated carbocycles. The molecule has 176 valence electrons. The first kappa shape index (κ1) is 23.2. The number of hydrogen-bond donors (Lipinski definition) is 0. The Morgan fingerprint density at radius 3 is 2.33 bits per heavy atom. The molecule has 0 bridgehead atoms. The number of carbonyl (C=O) groups is 2. The van der Waals surface area contributed by atoms with Gasteiger partial charge in [-0.1, -0.05) is 0 Å². The van der Waals surface area contributed by atoms with E-state index in [2.05, 4.69) is 4.74 Å². The number of rotatable bonds is 6. The quantitative estimate of drug-likeness (QED) is 0.596. The molecule has 0 N–H and O–H groups in total. The van der Waals surface area contributed by atoms with Gasteiger partial charge in [0.05, 0.1) is 18.4 Å². The van der Waals surface area contributed by atoms with Crippen LogP contribution >= 0.6 is 0 Å². The summed E-state index contributed by atoms with van der Waals surface area (Å²) in [5, 5.41) is 0. The van der Waals surface area contributed by atoms with E-state index in [1.54, 1.807) is 29.2 Å². The second-order valence-corrected chi connectivity index (χ2v) is 9.97. The van der Waals surface area contributed by atoms with Crippen LogP contribution in [0.5, 0.6) is 0 Å². The first-order valence-electron chi connectivity index (χ1n) is 10.8. The maximum Gasteiger partial charge on any atom is 0.306 e. The van der Waals surface area contributed by atoms with Crippen LogP contribution in [0, 0.1) is 5.82 Å². The molecule has 8 nitrogen and oxygen atoms in total. The fourth-order valence-electron chi connectivity index (χ4n) is 4.23. The van der Waals surface area contributed by atoms with Gasteiger partial charge < -0.3 is 14.5 Å². The lowest BCUT2D eigenvalue weighted by atomic mass is 10.2. The van der Waals surface area contributed by atoms with Gasteiger partial charge in [0.25, 0.3) is 0 Å². The van der Waals surface area contributed by atoms with Crippen molar-refractivity contribution >= 4 is 33.3 Å². The summed E-state index contributed by atoms with van der Waals surface area (Å²) in [6.07, 6.45) is 0.614. The Hall–Kier alpha value is -2.98. The number of benzene rings is 2. The number of amides is 1. The van der Waals surface area contributed by atoms with E-state index in [9.17, 15) is 22.4 Å². The molecular formula is C23H26FN3O5S. The number of sulfonamides is 1. The minimum Gasteiger partial charge on any atom is -0.469 e. The summed E-state index contributed by atoms with van der Waals surface area (Å²) in [5.41, 5.74) is 2.35. The summed E-state index contributed by atoms with van der Waals surface area (Å²) in [5.74, 6) is -0.935. The lowest BCUT2D eigenvalue weighted by Crippen LogP contribution is -2.48. The number of piperazine rings is 1. The number of methoxy groups -OCH3 is 1. The number of hydrogen-bond acceptors (Lipinski definition) is 6. The van der Waals surface area contributed by atoms with Crippen molar-refractivity contribution in [3.63, 3.8) is 0 Å². The molecule has 2 aliphatic heterocycles. The van der Waals surface area contributed by atoms with Gasteiger partial charge in [0.1, 0.15) is 5.82 Å². The number of nitrogens with zero attached hydrogens (tertiary/aromatic N) is 3. The molecule has 1 saturated heterocycles. The minimum atomic E-state index is -3.68. The normalized spacial score (nSPS) is 16.5. The lowest BCUT2D eigenvalue weighted by Gasteiger charge is -2.35. The summed E-state index contributed by atoms with van der Waals surface area (Å²) in [6, 6.07) is 11.0. The summed E-state index contributed by atoms with van der Waals surface area (Å²) < 4.78 is 45.7. The fraction of sp³-hybridized carbons (Fsp3) is 0.391. The summed E-state index contributed by atoms with van der Waals surface area (Å²) in [7, 11) is -2.40. The molecule has 0 aromatic heterocycles. The van der Waals surface area contributed by atoms with Crippen LogP contribution in [0.25, 0.3) is 0 Å². The van der Waals surface area contributed by atoms with Crippen molar-refractivity contribution in [2.75, 3.05) is 49.6 Å². The molecular weight excluding hydrogens is 449 g/mol. The fourth-order valence-corrected chi connectivity index (χ4v) is 5.70. The Bertz CT molecular complexity index is 1150. The summed E-state index contributed by atoms with van der Waals surface area (Å²) >= 11 is 0. The molecule has 0 radical (unpaired) electrons. The molecule has 0 aliphatic carbocycles. The highest BCUT2D eigenvalue weighted by Crippen LogP contribution is 2.32. The van der Waals surface area contributed by atoms with Crippen LogP contribution in [0.4, 0.5) is 15.8 Å². The lowest BCUT2D eigenvalue weighted by molar-refractivity contribution is -0.141. The van der Waals surface area contributed by atoms with E-state index in [1.165, 1.54) is 29.6 Å². The zero-order valence-corrected chi connectivity index (χ0v) is 19.2. The number of ether oxygens (including phenoxy) is 1. The molecule has 33 heavy (non-hydrogen) atoms. The Balaban J connectivity index is 1.43. The van der Waals surface area contributed by atoms with Crippen LogP contribution in [-0.4, -0.2) is 64.4 Å². The molecule has 10 heteroatoms. The largest absolute Gasteiger partial charge is 0.469 e. The molecule has 2 aliphatic rings. The van der Waals surface area contributed by atoms with Crippen LogP contribution in [-0.2, 0) is 30.8 Å². The van der Waals surface area contributed by atoms with E-state index < -0.39 is 16.0 Å². The standard InChI is InChI=1S/C23H26FN3O5S/c1-32-23(29)9-8-22(28)27-11-10-17-16-20(6-7-21(17)27)33(30,31)26-14-12-25(13-15-26)19-4-2-18(24)3-5-19/h2-7,16H,8-15H2,1H3. The number of fused-ring (bicyclic) bond motifs is 1. The third-order valence-electron chi connectivity index (χ3n) is 6.09. The summed E-state index contributed by atoms with van der Waals surface area (Å²) in [4.78, 5) is 27.6. The molecule has 1 amide bonds. The van der Waals surface area contributed by atoms with Gasteiger partial charge in [0.15, 0.2) is 0 Å². The van der Waals surface area contributed by atoms with E-state index in [4.69, 9.17) is 0 Å². The average molecular weight is 476 g/mol. The zero-order valence-electron chi connectivity index (χ0n) is 18.4. The number of halogens is 1. The summed E-state index contributed by atoms with van der Waals surface area (Å²) in [6.45, 7) is 2.13. The molecule has 0 spiro atoms. The van der Waals surface area contributed by atoms with E-state index in [-0.39, 0.29) is 29.5 Å². The van der Waals surface area contributed by atoms with Crippen molar-refractivity contribution < 1.29 is 27.1 Å². The van der Waals surface area contributed by atoms with Crippen molar-refractivity contribution in [2.45, 2.75) is 24.2 Å². The molecule has 2 aromatic carbocycles. The maximum absolute atomic E-state index is 13.2. The van der Waals surface area contributed by atoms with E-state index in [0.29, 0.717) is 44.8 Å². The van der Waals surface area contributed by atoms with E-state index >= 15 is 0 Å². The molecule has 4 rings (SSSR count). The molecule has 2 heterocycles. The molecule has 1 fully saturated rings. The van der Waals surface area contributed by atoms with Gasteiger partial charge in [-0.15, -0.1) is 0 Å². The Morgan fingerprint density at radius 1 is 0.970 bits per heavy atom. The first-order valence-corrected chi connectivity index (χ1v) is 12.2. The van der Waals surface area contributed by atoms with Gasteiger partial charge in [-0.25, -0.2) is 12.8 Å². The van der Waals surface area contributed by atoms with E-state index in [1.807, 2.05) is 4.90 Å². The van der Waals surface area contributed by atoms with Crippen LogP contribution in [0.3, 0.4) is 0 Å². The highest BCUT2D eigenvalue weighted by Gasteiger charge is 2.31. The Labute approximate surface area is 192 Å².